The highest BCUT2D eigenvalue weighted by Crippen LogP contribution is 2.39. The SMILES string of the molecule is Cc1c(Cl)nc(C2CC2)nc1NC(C)C1CCCO1. The summed E-state index contributed by atoms with van der Waals surface area (Å²) in [5, 5.41) is 4.02. The fourth-order valence-corrected chi connectivity index (χ4v) is 2.65. The molecule has 19 heavy (non-hydrogen) atoms. The van der Waals surface area contributed by atoms with E-state index in [0.717, 1.165) is 36.7 Å². The maximum atomic E-state index is 6.21. The first-order valence-electron chi connectivity index (χ1n) is 7.07. The van der Waals surface area contributed by atoms with Crippen molar-refractivity contribution in [2.24, 2.45) is 0 Å². The second kappa shape index (κ2) is 5.25. The zero-order valence-corrected chi connectivity index (χ0v) is 12.2. The van der Waals surface area contributed by atoms with Crippen molar-refractivity contribution in [2.75, 3.05) is 11.9 Å². The topological polar surface area (TPSA) is 47.0 Å². The minimum Gasteiger partial charge on any atom is -0.376 e. The first kappa shape index (κ1) is 13.1. The third kappa shape index (κ3) is 2.84. The molecule has 1 saturated heterocycles. The van der Waals surface area contributed by atoms with E-state index in [2.05, 4.69) is 22.2 Å². The molecule has 0 radical (unpaired) electrons. The highest BCUT2D eigenvalue weighted by atomic mass is 35.5. The van der Waals surface area contributed by atoms with E-state index >= 15 is 0 Å². The van der Waals surface area contributed by atoms with Gasteiger partial charge < -0.3 is 10.1 Å². The lowest BCUT2D eigenvalue weighted by molar-refractivity contribution is 0.0995. The standard InChI is InChI=1S/C14H20ClN3O/c1-8-12(15)17-14(10-5-6-10)18-13(8)16-9(2)11-4-3-7-19-11/h9-11H,3-7H2,1-2H3,(H,16,17,18). The lowest BCUT2D eigenvalue weighted by atomic mass is 10.1. The van der Waals surface area contributed by atoms with Gasteiger partial charge in [-0.2, -0.15) is 0 Å². The summed E-state index contributed by atoms with van der Waals surface area (Å²) in [7, 11) is 0. The fraction of sp³-hybridized carbons (Fsp3) is 0.714. The molecular formula is C14H20ClN3O. The van der Waals surface area contributed by atoms with Gasteiger partial charge in [-0.1, -0.05) is 11.6 Å². The van der Waals surface area contributed by atoms with Gasteiger partial charge in [-0.05, 0) is 39.5 Å². The van der Waals surface area contributed by atoms with Gasteiger partial charge >= 0.3 is 0 Å². The quantitative estimate of drug-likeness (QED) is 0.860. The van der Waals surface area contributed by atoms with Crippen molar-refractivity contribution >= 4 is 17.4 Å². The minimum absolute atomic E-state index is 0.249. The molecule has 2 atom stereocenters. The van der Waals surface area contributed by atoms with Gasteiger partial charge in [0.05, 0.1) is 12.1 Å². The van der Waals surface area contributed by atoms with Crippen molar-refractivity contribution in [2.45, 2.75) is 57.6 Å². The molecule has 0 aromatic carbocycles. The Bertz CT molecular complexity index is 470. The van der Waals surface area contributed by atoms with E-state index in [-0.39, 0.29) is 12.1 Å². The summed E-state index contributed by atoms with van der Waals surface area (Å²) < 4.78 is 5.71. The van der Waals surface area contributed by atoms with Gasteiger partial charge in [0.2, 0.25) is 0 Å². The molecule has 1 aliphatic heterocycles. The van der Waals surface area contributed by atoms with Crippen LogP contribution < -0.4 is 5.32 Å². The predicted molar refractivity (Wildman–Crippen MR) is 75.8 cm³/mol. The second-order valence-electron chi connectivity index (χ2n) is 5.60. The maximum absolute atomic E-state index is 6.21. The molecule has 5 heteroatoms. The Kier molecular flexibility index (Phi) is 3.63. The molecule has 1 N–H and O–H groups in total. The van der Waals surface area contributed by atoms with E-state index in [1.54, 1.807) is 0 Å². The van der Waals surface area contributed by atoms with Crippen molar-refractivity contribution in [1.82, 2.24) is 9.97 Å². The Hall–Kier alpha value is -0.870. The van der Waals surface area contributed by atoms with E-state index in [4.69, 9.17) is 16.3 Å². The number of halogens is 1. The molecule has 4 nitrogen and oxygen atoms in total. The Balaban J connectivity index is 1.78. The third-order valence-electron chi connectivity index (χ3n) is 3.93. The summed E-state index contributed by atoms with van der Waals surface area (Å²) in [6, 6.07) is 0.249. The Labute approximate surface area is 118 Å². The Morgan fingerprint density at radius 3 is 2.74 bits per heavy atom. The number of hydrogen-bond donors (Lipinski definition) is 1. The second-order valence-corrected chi connectivity index (χ2v) is 5.96. The van der Waals surface area contributed by atoms with Gasteiger partial charge in [-0.15, -0.1) is 0 Å². The van der Waals surface area contributed by atoms with Crippen molar-refractivity contribution in [3.05, 3.63) is 16.5 Å². The average Bonchev–Trinajstić information content (AvgIpc) is 3.09. The fourth-order valence-electron chi connectivity index (χ4n) is 2.48. The molecule has 2 fully saturated rings. The van der Waals surface area contributed by atoms with Gasteiger partial charge in [0, 0.05) is 18.1 Å². The molecule has 0 spiro atoms. The van der Waals surface area contributed by atoms with Crippen LogP contribution in [0.3, 0.4) is 0 Å². The molecule has 1 aromatic heterocycles. The van der Waals surface area contributed by atoms with Crippen LogP contribution in [-0.4, -0.2) is 28.7 Å². The van der Waals surface area contributed by atoms with E-state index < -0.39 is 0 Å². The summed E-state index contributed by atoms with van der Waals surface area (Å²) in [5.41, 5.74) is 0.927. The molecule has 2 aliphatic rings. The van der Waals surface area contributed by atoms with Crippen molar-refractivity contribution in [1.29, 1.82) is 0 Å². The number of aromatic nitrogens is 2. The number of rotatable bonds is 4. The summed E-state index contributed by atoms with van der Waals surface area (Å²) in [6.07, 6.45) is 4.90. The lowest BCUT2D eigenvalue weighted by Crippen LogP contribution is -2.31. The smallest absolute Gasteiger partial charge is 0.137 e. The monoisotopic (exact) mass is 281 g/mol. The summed E-state index contributed by atoms with van der Waals surface area (Å²) in [6.45, 7) is 4.97. The van der Waals surface area contributed by atoms with Crippen molar-refractivity contribution in [3.63, 3.8) is 0 Å². The van der Waals surface area contributed by atoms with Gasteiger partial charge in [-0.25, -0.2) is 9.97 Å². The average molecular weight is 282 g/mol. The maximum Gasteiger partial charge on any atom is 0.137 e. The van der Waals surface area contributed by atoms with Crippen molar-refractivity contribution in [3.8, 4) is 0 Å². The van der Waals surface area contributed by atoms with Gasteiger partial charge in [0.15, 0.2) is 0 Å². The van der Waals surface area contributed by atoms with Gasteiger partial charge in [0.1, 0.15) is 16.8 Å². The number of nitrogens with one attached hydrogen (secondary N) is 1. The highest BCUT2D eigenvalue weighted by Gasteiger charge is 2.29. The zero-order chi connectivity index (χ0) is 13.4. The number of hydrogen-bond acceptors (Lipinski definition) is 4. The molecular weight excluding hydrogens is 262 g/mol. The van der Waals surface area contributed by atoms with Crippen LogP contribution in [0.25, 0.3) is 0 Å². The Morgan fingerprint density at radius 2 is 2.11 bits per heavy atom. The molecule has 2 heterocycles. The number of anilines is 1. The van der Waals surface area contributed by atoms with Crippen LogP contribution in [0.15, 0.2) is 0 Å². The van der Waals surface area contributed by atoms with Crippen LogP contribution in [0.5, 0.6) is 0 Å². The van der Waals surface area contributed by atoms with Crippen LogP contribution in [0.1, 0.15) is 49.9 Å². The van der Waals surface area contributed by atoms with E-state index in [1.807, 2.05) is 6.92 Å². The van der Waals surface area contributed by atoms with E-state index in [1.165, 1.54) is 12.8 Å². The molecule has 1 aliphatic carbocycles. The molecule has 0 bridgehead atoms. The predicted octanol–water partition coefficient (Wildman–Crippen LogP) is 3.30. The number of nitrogens with zero attached hydrogens (tertiary/aromatic N) is 2. The van der Waals surface area contributed by atoms with Crippen LogP contribution in [-0.2, 0) is 4.74 Å². The summed E-state index contributed by atoms with van der Waals surface area (Å²) in [4.78, 5) is 9.03. The molecule has 0 amide bonds. The first-order valence-corrected chi connectivity index (χ1v) is 7.45. The van der Waals surface area contributed by atoms with Crippen LogP contribution in [0.4, 0.5) is 5.82 Å². The Morgan fingerprint density at radius 1 is 1.32 bits per heavy atom. The molecule has 1 saturated carbocycles. The van der Waals surface area contributed by atoms with Crippen molar-refractivity contribution < 1.29 is 4.74 Å². The third-order valence-corrected chi connectivity index (χ3v) is 4.30. The summed E-state index contributed by atoms with van der Waals surface area (Å²) >= 11 is 6.21. The van der Waals surface area contributed by atoms with Crippen LogP contribution in [0, 0.1) is 6.92 Å². The largest absolute Gasteiger partial charge is 0.376 e. The molecule has 3 rings (SSSR count). The zero-order valence-electron chi connectivity index (χ0n) is 11.4. The van der Waals surface area contributed by atoms with Crippen LogP contribution >= 0.6 is 11.6 Å². The molecule has 2 unspecified atom stereocenters. The van der Waals surface area contributed by atoms with Gasteiger partial charge in [-0.3, -0.25) is 0 Å². The lowest BCUT2D eigenvalue weighted by Gasteiger charge is -2.22. The molecule has 104 valence electrons. The minimum atomic E-state index is 0.249. The number of ether oxygens (including phenoxy) is 1. The molecule has 1 aromatic rings. The first-order chi connectivity index (χ1) is 9.15. The van der Waals surface area contributed by atoms with E-state index in [0.29, 0.717) is 11.1 Å². The normalized spacial score (nSPS) is 24.5. The highest BCUT2D eigenvalue weighted by molar-refractivity contribution is 6.30. The van der Waals surface area contributed by atoms with E-state index in [9.17, 15) is 0 Å². The van der Waals surface area contributed by atoms with Crippen LogP contribution in [0.2, 0.25) is 5.15 Å². The summed E-state index contributed by atoms with van der Waals surface area (Å²) in [5.74, 6) is 2.26. The van der Waals surface area contributed by atoms with Gasteiger partial charge in [0.25, 0.3) is 0 Å².